The summed E-state index contributed by atoms with van der Waals surface area (Å²) in [5.41, 5.74) is 7.09. The highest BCUT2D eigenvalue weighted by Crippen LogP contribution is 2.47. The number of fused-ring (bicyclic) bond motifs is 1. The summed E-state index contributed by atoms with van der Waals surface area (Å²) in [5.74, 6) is 1.33. The van der Waals surface area contributed by atoms with Gasteiger partial charge < -0.3 is 34.9 Å². The number of halogens is 1. The third-order valence-corrected chi connectivity index (χ3v) is 6.09. The standard InChI is InChI=1S/C23H27ClN4O4/c1-23(22(30-2)31-3)21(29)20(17-12-15(25)6-9-18(17)32-23)28(13-19-26-10-11-27-19)16-7-4-14(24)5-8-16/h4-12,20-22,29H,13,25H2,1-3H3,(H,26,27)/t20-,21+,23-/m1/s1. The second kappa shape index (κ2) is 8.99. The van der Waals surface area contributed by atoms with Gasteiger partial charge in [-0.25, -0.2) is 4.98 Å². The van der Waals surface area contributed by atoms with Gasteiger partial charge in [-0.3, -0.25) is 0 Å². The van der Waals surface area contributed by atoms with Crippen LogP contribution in [0.15, 0.2) is 54.9 Å². The summed E-state index contributed by atoms with van der Waals surface area (Å²) < 4.78 is 17.3. The minimum atomic E-state index is -1.20. The zero-order valence-corrected chi connectivity index (χ0v) is 18.9. The first-order chi connectivity index (χ1) is 15.4. The van der Waals surface area contributed by atoms with Gasteiger partial charge in [0.2, 0.25) is 0 Å². The molecular weight excluding hydrogens is 432 g/mol. The maximum Gasteiger partial charge on any atom is 0.199 e. The first-order valence-electron chi connectivity index (χ1n) is 10.2. The second-order valence-electron chi connectivity index (χ2n) is 7.92. The molecule has 0 saturated heterocycles. The van der Waals surface area contributed by atoms with Gasteiger partial charge in [0, 0.05) is 48.6 Å². The SMILES string of the molecule is COC(OC)[C@]1(C)Oc2ccc(N)cc2[C@@H](N(Cc2ncc[nH]2)c2ccc(Cl)cc2)[C@@H]1O. The molecule has 0 aliphatic carbocycles. The highest BCUT2D eigenvalue weighted by molar-refractivity contribution is 6.30. The number of aliphatic hydroxyl groups is 1. The van der Waals surface area contributed by atoms with Crippen LogP contribution in [0, 0.1) is 0 Å². The summed E-state index contributed by atoms with van der Waals surface area (Å²) in [7, 11) is 3.03. The normalized spacial score (nSPS) is 22.4. The molecule has 1 aliphatic rings. The van der Waals surface area contributed by atoms with Gasteiger partial charge in [-0.1, -0.05) is 11.6 Å². The number of ether oxygens (including phenoxy) is 3. The monoisotopic (exact) mass is 458 g/mol. The van der Waals surface area contributed by atoms with Crippen molar-refractivity contribution in [1.29, 1.82) is 0 Å². The molecule has 1 aliphatic heterocycles. The summed E-state index contributed by atoms with van der Waals surface area (Å²) >= 11 is 6.14. The number of methoxy groups -OCH3 is 2. The number of aliphatic hydroxyl groups excluding tert-OH is 1. The Morgan fingerprint density at radius 3 is 2.59 bits per heavy atom. The Kier molecular flexibility index (Phi) is 6.30. The Hall–Kier alpha value is -2.78. The minimum absolute atomic E-state index is 0.394. The Morgan fingerprint density at radius 2 is 1.97 bits per heavy atom. The second-order valence-corrected chi connectivity index (χ2v) is 8.35. The Morgan fingerprint density at radius 1 is 1.25 bits per heavy atom. The Labute approximate surface area is 191 Å². The number of aromatic amines is 1. The number of anilines is 2. The van der Waals surface area contributed by atoms with Gasteiger partial charge >= 0.3 is 0 Å². The highest BCUT2D eigenvalue weighted by Gasteiger charge is 2.53. The molecular formula is C23H27ClN4O4. The summed E-state index contributed by atoms with van der Waals surface area (Å²) in [6, 6.07) is 12.3. The van der Waals surface area contributed by atoms with Gasteiger partial charge in [-0.05, 0) is 49.4 Å². The molecule has 4 rings (SSSR count). The maximum absolute atomic E-state index is 11.7. The lowest BCUT2D eigenvalue weighted by Crippen LogP contribution is -2.62. The van der Waals surface area contributed by atoms with E-state index in [0.717, 1.165) is 17.1 Å². The summed E-state index contributed by atoms with van der Waals surface area (Å²) in [5, 5.41) is 12.4. The van der Waals surface area contributed by atoms with E-state index in [1.807, 2.05) is 35.2 Å². The van der Waals surface area contributed by atoms with E-state index in [9.17, 15) is 5.11 Å². The number of H-pyrrole nitrogens is 1. The lowest BCUT2D eigenvalue weighted by Gasteiger charge is -2.50. The molecule has 0 fully saturated rings. The number of imidazole rings is 1. The molecule has 0 radical (unpaired) electrons. The fourth-order valence-electron chi connectivity index (χ4n) is 4.29. The molecule has 0 bridgehead atoms. The third kappa shape index (κ3) is 4.02. The summed E-state index contributed by atoms with van der Waals surface area (Å²) in [6.45, 7) is 2.17. The van der Waals surface area contributed by atoms with E-state index in [4.69, 9.17) is 31.5 Å². The van der Waals surface area contributed by atoms with Crippen molar-refractivity contribution >= 4 is 23.0 Å². The zero-order valence-electron chi connectivity index (χ0n) is 18.2. The van der Waals surface area contributed by atoms with Crippen molar-refractivity contribution in [3.8, 4) is 5.75 Å². The first kappa shape index (κ1) is 22.4. The van der Waals surface area contributed by atoms with Crippen molar-refractivity contribution in [3.05, 3.63) is 71.3 Å². The van der Waals surface area contributed by atoms with Crippen LogP contribution in [-0.4, -0.2) is 47.3 Å². The molecule has 9 heteroatoms. The van der Waals surface area contributed by atoms with E-state index in [0.29, 0.717) is 23.0 Å². The van der Waals surface area contributed by atoms with E-state index in [1.165, 1.54) is 14.2 Å². The van der Waals surface area contributed by atoms with Crippen LogP contribution in [0.4, 0.5) is 11.4 Å². The molecule has 1 aromatic heterocycles. The lowest BCUT2D eigenvalue weighted by molar-refractivity contribution is -0.237. The van der Waals surface area contributed by atoms with Crippen LogP contribution in [0.1, 0.15) is 24.4 Å². The Bertz CT molecular complexity index is 1040. The van der Waals surface area contributed by atoms with E-state index < -0.39 is 24.0 Å². The number of benzene rings is 2. The number of hydrogen-bond donors (Lipinski definition) is 3. The minimum Gasteiger partial charge on any atom is -0.479 e. The number of nitrogens with two attached hydrogens (primary N) is 1. The van der Waals surface area contributed by atoms with Crippen molar-refractivity contribution in [2.24, 2.45) is 0 Å². The fraction of sp³-hybridized carbons (Fsp3) is 0.348. The lowest BCUT2D eigenvalue weighted by atomic mass is 9.83. The molecule has 4 N–H and O–H groups in total. The van der Waals surface area contributed by atoms with Gasteiger partial charge in [0.05, 0.1) is 12.6 Å². The molecule has 2 aromatic carbocycles. The van der Waals surface area contributed by atoms with Gasteiger partial charge in [0.15, 0.2) is 11.9 Å². The van der Waals surface area contributed by atoms with E-state index >= 15 is 0 Å². The van der Waals surface area contributed by atoms with Crippen LogP contribution in [0.3, 0.4) is 0 Å². The van der Waals surface area contributed by atoms with Crippen molar-refractivity contribution in [2.75, 3.05) is 24.9 Å². The third-order valence-electron chi connectivity index (χ3n) is 5.83. The number of nitrogens with zero attached hydrogens (tertiary/aromatic N) is 2. The molecule has 170 valence electrons. The quantitative estimate of drug-likeness (QED) is 0.367. The number of nitrogens with one attached hydrogen (secondary N) is 1. The van der Waals surface area contributed by atoms with E-state index in [2.05, 4.69) is 9.97 Å². The van der Waals surface area contributed by atoms with Gasteiger partial charge in [0.25, 0.3) is 0 Å². The Balaban J connectivity index is 1.88. The van der Waals surface area contributed by atoms with Crippen molar-refractivity contribution in [1.82, 2.24) is 9.97 Å². The van der Waals surface area contributed by atoms with Gasteiger partial charge in [-0.15, -0.1) is 0 Å². The van der Waals surface area contributed by atoms with Crippen LogP contribution >= 0.6 is 11.6 Å². The predicted octanol–water partition coefficient (Wildman–Crippen LogP) is 3.52. The number of rotatable bonds is 7. The van der Waals surface area contributed by atoms with Crippen LogP contribution in [0.5, 0.6) is 5.75 Å². The average Bonchev–Trinajstić information content (AvgIpc) is 3.29. The first-order valence-corrected chi connectivity index (χ1v) is 10.6. The van der Waals surface area contributed by atoms with Crippen molar-refractivity contribution in [2.45, 2.75) is 37.5 Å². The van der Waals surface area contributed by atoms with Gasteiger partial charge in [-0.2, -0.15) is 0 Å². The summed E-state index contributed by atoms with van der Waals surface area (Å²) in [4.78, 5) is 9.57. The molecule has 0 unspecified atom stereocenters. The molecule has 8 nitrogen and oxygen atoms in total. The van der Waals surface area contributed by atoms with E-state index in [-0.39, 0.29) is 0 Å². The number of nitrogen functional groups attached to an aromatic ring is 1. The molecule has 2 heterocycles. The average molecular weight is 459 g/mol. The molecule has 0 spiro atoms. The van der Waals surface area contributed by atoms with Crippen LogP contribution in [0.2, 0.25) is 5.02 Å². The topological polar surface area (TPSA) is 106 Å². The molecule has 32 heavy (non-hydrogen) atoms. The predicted molar refractivity (Wildman–Crippen MR) is 123 cm³/mol. The molecule has 0 amide bonds. The van der Waals surface area contributed by atoms with E-state index in [1.54, 1.807) is 31.5 Å². The largest absolute Gasteiger partial charge is 0.479 e. The van der Waals surface area contributed by atoms with Crippen LogP contribution < -0.4 is 15.4 Å². The highest BCUT2D eigenvalue weighted by atomic mass is 35.5. The van der Waals surface area contributed by atoms with Gasteiger partial charge in [0.1, 0.15) is 17.7 Å². The number of hydrogen-bond acceptors (Lipinski definition) is 7. The van der Waals surface area contributed by atoms with Crippen molar-refractivity contribution in [3.63, 3.8) is 0 Å². The van der Waals surface area contributed by atoms with Crippen LogP contribution in [-0.2, 0) is 16.0 Å². The summed E-state index contributed by atoms with van der Waals surface area (Å²) in [6.07, 6.45) is 1.59. The zero-order chi connectivity index (χ0) is 22.9. The van der Waals surface area contributed by atoms with Crippen molar-refractivity contribution < 1.29 is 19.3 Å². The fourth-order valence-corrected chi connectivity index (χ4v) is 4.42. The number of aromatic nitrogens is 2. The molecule has 3 atom stereocenters. The molecule has 0 saturated carbocycles. The molecule has 3 aromatic rings. The maximum atomic E-state index is 11.7. The smallest absolute Gasteiger partial charge is 0.199 e. The van der Waals surface area contributed by atoms with Crippen LogP contribution in [0.25, 0.3) is 0 Å².